The van der Waals surface area contributed by atoms with Gasteiger partial charge in [-0.15, -0.1) is 11.3 Å². The molecule has 96 valence electrons. The number of nitrogens with zero attached hydrogens (tertiary/aromatic N) is 2. The average Bonchev–Trinajstić information content (AvgIpc) is 2.69. The van der Waals surface area contributed by atoms with Gasteiger partial charge >= 0.3 is 0 Å². The standard InChI is InChI=1S/C13H22N2OS/c1-3-15(6-7-16)9-13-14-11-5-4-10(2)8-12(11)17-13/h10,16H,3-9H2,1-2H3. The number of aryl methyl sites for hydroxylation is 1. The predicted octanol–water partition coefficient (Wildman–Crippen LogP) is 2.08. The van der Waals surface area contributed by atoms with Crippen LogP contribution in [0.1, 0.15) is 35.8 Å². The molecule has 0 saturated carbocycles. The number of rotatable bonds is 5. The van der Waals surface area contributed by atoms with Gasteiger partial charge in [0, 0.05) is 11.4 Å². The lowest BCUT2D eigenvalue weighted by Gasteiger charge is -2.16. The molecule has 17 heavy (non-hydrogen) atoms. The van der Waals surface area contributed by atoms with Gasteiger partial charge in [-0.2, -0.15) is 0 Å². The zero-order valence-corrected chi connectivity index (χ0v) is 11.6. The van der Waals surface area contributed by atoms with Crippen LogP contribution in [0.25, 0.3) is 0 Å². The Balaban J connectivity index is 2.02. The Morgan fingerprint density at radius 3 is 3.06 bits per heavy atom. The van der Waals surface area contributed by atoms with Crippen molar-refractivity contribution in [2.45, 2.75) is 39.7 Å². The molecule has 1 atom stereocenters. The van der Waals surface area contributed by atoms with Crippen molar-refractivity contribution in [2.24, 2.45) is 5.92 Å². The van der Waals surface area contributed by atoms with Gasteiger partial charge in [0.2, 0.25) is 0 Å². The Morgan fingerprint density at radius 2 is 2.35 bits per heavy atom. The van der Waals surface area contributed by atoms with Crippen LogP contribution < -0.4 is 0 Å². The second-order valence-electron chi connectivity index (χ2n) is 4.92. The number of hydrogen-bond donors (Lipinski definition) is 1. The number of fused-ring (bicyclic) bond motifs is 1. The molecule has 0 spiro atoms. The first-order valence-corrected chi connectivity index (χ1v) is 7.35. The summed E-state index contributed by atoms with van der Waals surface area (Å²) in [4.78, 5) is 8.49. The Kier molecular flexibility index (Phi) is 4.54. The largest absolute Gasteiger partial charge is 0.395 e. The van der Waals surface area contributed by atoms with Gasteiger partial charge in [-0.05, 0) is 31.7 Å². The highest BCUT2D eigenvalue weighted by Crippen LogP contribution is 2.30. The molecule has 1 heterocycles. The number of likely N-dealkylation sites (N-methyl/N-ethyl adjacent to an activating group) is 1. The van der Waals surface area contributed by atoms with E-state index < -0.39 is 0 Å². The third-order valence-corrected chi connectivity index (χ3v) is 4.56. The number of hydrogen-bond acceptors (Lipinski definition) is 4. The molecule has 0 fully saturated rings. The molecular weight excluding hydrogens is 232 g/mol. The average molecular weight is 254 g/mol. The number of aromatic nitrogens is 1. The van der Waals surface area contributed by atoms with Crippen molar-refractivity contribution in [3.8, 4) is 0 Å². The molecule has 1 aromatic rings. The van der Waals surface area contributed by atoms with E-state index in [2.05, 4.69) is 18.7 Å². The van der Waals surface area contributed by atoms with Gasteiger partial charge in [-0.1, -0.05) is 13.8 Å². The topological polar surface area (TPSA) is 36.4 Å². The lowest BCUT2D eigenvalue weighted by atomic mass is 9.93. The van der Waals surface area contributed by atoms with Crippen LogP contribution in [-0.4, -0.2) is 34.7 Å². The Labute approximate surface area is 107 Å². The van der Waals surface area contributed by atoms with Crippen molar-refractivity contribution in [1.29, 1.82) is 0 Å². The van der Waals surface area contributed by atoms with Gasteiger partial charge in [0.25, 0.3) is 0 Å². The van der Waals surface area contributed by atoms with E-state index in [0.717, 1.165) is 32.0 Å². The molecule has 0 aromatic carbocycles. The van der Waals surface area contributed by atoms with Gasteiger partial charge in [-0.25, -0.2) is 4.98 Å². The van der Waals surface area contributed by atoms with E-state index in [-0.39, 0.29) is 6.61 Å². The van der Waals surface area contributed by atoms with Gasteiger partial charge < -0.3 is 5.11 Å². The van der Waals surface area contributed by atoms with E-state index in [0.29, 0.717) is 0 Å². The van der Waals surface area contributed by atoms with Crippen LogP contribution in [0, 0.1) is 5.92 Å². The molecule has 1 aromatic heterocycles. The lowest BCUT2D eigenvalue weighted by molar-refractivity contribution is 0.196. The number of thiazole rings is 1. The van der Waals surface area contributed by atoms with Crippen molar-refractivity contribution in [3.63, 3.8) is 0 Å². The SMILES string of the molecule is CCN(CCO)Cc1nc2c(s1)CC(C)CC2. The second-order valence-corrected chi connectivity index (χ2v) is 6.09. The maximum absolute atomic E-state index is 8.98. The van der Waals surface area contributed by atoms with E-state index >= 15 is 0 Å². The molecule has 3 nitrogen and oxygen atoms in total. The molecule has 0 saturated heterocycles. The summed E-state index contributed by atoms with van der Waals surface area (Å²) in [6, 6.07) is 0. The summed E-state index contributed by atoms with van der Waals surface area (Å²) in [5, 5.41) is 10.2. The Bertz CT molecular complexity index is 364. The molecule has 0 bridgehead atoms. The van der Waals surface area contributed by atoms with Gasteiger partial charge in [0.15, 0.2) is 0 Å². The highest BCUT2D eigenvalue weighted by molar-refractivity contribution is 7.11. The lowest BCUT2D eigenvalue weighted by Crippen LogP contribution is -2.26. The number of aliphatic hydroxyl groups excluding tert-OH is 1. The highest BCUT2D eigenvalue weighted by atomic mass is 32.1. The minimum atomic E-state index is 0.232. The van der Waals surface area contributed by atoms with Crippen molar-refractivity contribution in [1.82, 2.24) is 9.88 Å². The predicted molar refractivity (Wildman–Crippen MR) is 71.3 cm³/mol. The molecule has 1 N–H and O–H groups in total. The normalized spacial score (nSPS) is 19.6. The second kappa shape index (κ2) is 5.94. The minimum absolute atomic E-state index is 0.232. The molecule has 0 amide bonds. The molecule has 2 rings (SSSR count). The summed E-state index contributed by atoms with van der Waals surface area (Å²) in [5.41, 5.74) is 1.34. The maximum Gasteiger partial charge on any atom is 0.107 e. The fourth-order valence-electron chi connectivity index (χ4n) is 2.34. The molecule has 1 aliphatic carbocycles. The first-order valence-electron chi connectivity index (χ1n) is 6.53. The van der Waals surface area contributed by atoms with Crippen LogP contribution in [0.3, 0.4) is 0 Å². The Hall–Kier alpha value is -0.450. The van der Waals surface area contributed by atoms with E-state index in [9.17, 15) is 0 Å². The maximum atomic E-state index is 8.98. The van der Waals surface area contributed by atoms with E-state index in [4.69, 9.17) is 10.1 Å². The zero-order chi connectivity index (χ0) is 12.3. The third kappa shape index (κ3) is 3.27. The fourth-order valence-corrected chi connectivity index (χ4v) is 3.66. The van der Waals surface area contributed by atoms with Crippen LogP contribution in [0.4, 0.5) is 0 Å². The fraction of sp³-hybridized carbons (Fsp3) is 0.769. The van der Waals surface area contributed by atoms with Crippen molar-refractivity contribution in [2.75, 3.05) is 19.7 Å². The number of aliphatic hydroxyl groups is 1. The van der Waals surface area contributed by atoms with Gasteiger partial charge in [0.05, 0.1) is 18.8 Å². The van der Waals surface area contributed by atoms with Crippen LogP contribution in [0.15, 0.2) is 0 Å². The first-order chi connectivity index (χ1) is 8.22. The van der Waals surface area contributed by atoms with E-state index in [1.807, 2.05) is 11.3 Å². The van der Waals surface area contributed by atoms with Crippen LogP contribution >= 0.6 is 11.3 Å². The molecule has 1 aliphatic rings. The monoisotopic (exact) mass is 254 g/mol. The minimum Gasteiger partial charge on any atom is -0.395 e. The third-order valence-electron chi connectivity index (χ3n) is 3.45. The van der Waals surface area contributed by atoms with Crippen LogP contribution in [-0.2, 0) is 19.4 Å². The molecule has 1 unspecified atom stereocenters. The zero-order valence-electron chi connectivity index (χ0n) is 10.8. The van der Waals surface area contributed by atoms with E-state index in [1.54, 1.807) is 0 Å². The van der Waals surface area contributed by atoms with Crippen molar-refractivity contribution < 1.29 is 5.11 Å². The van der Waals surface area contributed by atoms with Crippen molar-refractivity contribution >= 4 is 11.3 Å². The molecule has 4 heteroatoms. The quantitative estimate of drug-likeness (QED) is 0.874. The summed E-state index contributed by atoms with van der Waals surface area (Å²) in [7, 11) is 0. The summed E-state index contributed by atoms with van der Waals surface area (Å²) in [6.45, 7) is 7.30. The van der Waals surface area contributed by atoms with Crippen LogP contribution in [0.2, 0.25) is 0 Å². The summed E-state index contributed by atoms with van der Waals surface area (Å²) in [5.74, 6) is 0.815. The van der Waals surface area contributed by atoms with E-state index in [1.165, 1.54) is 28.4 Å². The first kappa shape index (κ1) is 13.0. The van der Waals surface area contributed by atoms with Crippen molar-refractivity contribution in [3.05, 3.63) is 15.6 Å². The van der Waals surface area contributed by atoms with Gasteiger partial charge in [0.1, 0.15) is 5.01 Å². The summed E-state index contributed by atoms with van der Waals surface area (Å²) in [6.07, 6.45) is 3.64. The van der Waals surface area contributed by atoms with Gasteiger partial charge in [-0.3, -0.25) is 4.90 Å². The molecule has 0 radical (unpaired) electrons. The summed E-state index contributed by atoms with van der Waals surface area (Å²) < 4.78 is 0. The Morgan fingerprint density at radius 1 is 1.53 bits per heavy atom. The molecule has 0 aliphatic heterocycles. The smallest absolute Gasteiger partial charge is 0.107 e. The summed E-state index contributed by atoms with van der Waals surface area (Å²) >= 11 is 1.87. The highest BCUT2D eigenvalue weighted by Gasteiger charge is 2.20. The van der Waals surface area contributed by atoms with Crippen LogP contribution in [0.5, 0.6) is 0 Å². The molecular formula is C13H22N2OS.